The first kappa shape index (κ1) is 16.9. The lowest BCUT2D eigenvalue weighted by Crippen LogP contribution is -2.11. The number of aromatic nitrogens is 4. The van der Waals surface area contributed by atoms with Gasteiger partial charge >= 0.3 is 0 Å². The van der Waals surface area contributed by atoms with Crippen molar-refractivity contribution in [2.75, 3.05) is 5.32 Å². The van der Waals surface area contributed by atoms with Gasteiger partial charge in [0.05, 0.1) is 29.8 Å². The molecule has 7 heteroatoms. The normalized spacial score (nSPS) is 11.1. The van der Waals surface area contributed by atoms with Gasteiger partial charge in [-0.1, -0.05) is 6.92 Å². The van der Waals surface area contributed by atoms with Crippen LogP contribution in [0.4, 0.5) is 5.82 Å². The highest BCUT2D eigenvalue weighted by molar-refractivity contribution is 5.92. The number of nitrogens with zero attached hydrogens (tertiary/aromatic N) is 4. The molecule has 1 N–H and O–H groups in total. The molecule has 130 valence electrons. The van der Waals surface area contributed by atoms with E-state index in [0.717, 1.165) is 16.6 Å². The van der Waals surface area contributed by atoms with Gasteiger partial charge in [0.2, 0.25) is 5.91 Å². The Labute approximate surface area is 146 Å². The van der Waals surface area contributed by atoms with Crippen molar-refractivity contribution in [1.29, 1.82) is 0 Å². The standard InChI is InChI=1S/C18H21N5O2/c1-5-17(24)22-16-7-13-12(8-20-16)6-15(25-11(2)3)18(21-13)14-9-19-10-23(14)4/h6-11H,5H2,1-4H3,(H,20,22,24). The summed E-state index contributed by atoms with van der Waals surface area (Å²) in [5.74, 6) is 1.08. The van der Waals surface area contributed by atoms with Crippen LogP contribution in [-0.4, -0.2) is 31.5 Å². The molecule has 0 aliphatic carbocycles. The zero-order chi connectivity index (χ0) is 18.0. The van der Waals surface area contributed by atoms with Crippen LogP contribution in [0.25, 0.3) is 22.3 Å². The summed E-state index contributed by atoms with van der Waals surface area (Å²) in [4.78, 5) is 24.8. The maximum absolute atomic E-state index is 11.6. The number of ether oxygens (including phenoxy) is 1. The fourth-order valence-electron chi connectivity index (χ4n) is 2.46. The van der Waals surface area contributed by atoms with Gasteiger partial charge < -0.3 is 14.6 Å². The summed E-state index contributed by atoms with van der Waals surface area (Å²) >= 11 is 0. The fourth-order valence-corrected chi connectivity index (χ4v) is 2.46. The Bertz CT molecular complexity index is 917. The number of nitrogens with one attached hydrogen (secondary N) is 1. The number of aryl methyl sites for hydroxylation is 1. The summed E-state index contributed by atoms with van der Waals surface area (Å²) < 4.78 is 7.83. The van der Waals surface area contributed by atoms with E-state index >= 15 is 0 Å². The minimum absolute atomic E-state index is 0.0160. The van der Waals surface area contributed by atoms with Gasteiger partial charge in [0, 0.05) is 31.1 Å². The van der Waals surface area contributed by atoms with Crippen LogP contribution in [0, 0.1) is 0 Å². The van der Waals surface area contributed by atoms with Crippen molar-refractivity contribution in [1.82, 2.24) is 19.5 Å². The second kappa shape index (κ2) is 6.88. The second-order valence-corrected chi connectivity index (χ2v) is 6.06. The van der Waals surface area contributed by atoms with Crippen molar-refractivity contribution in [2.45, 2.75) is 33.3 Å². The molecule has 0 aliphatic rings. The molecule has 0 saturated heterocycles. The molecule has 0 aliphatic heterocycles. The molecule has 0 bridgehead atoms. The number of imidazole rings is 1. The van der Waals surface area contributed by atoms with Gasteiger partial charge in [-0.05, 0) is 19.9 Å². The molecule has 3 rings (SSSR count). The Kier molecular flexibility index (Phi) is 4.65. The van der Waals surface area contributed by atoms with Crippen LogP contribution in [0.15, 0.2) is 30.9 Å². The van der Waals surface area contributed by atoms with Crippen LogP contribution in [0.2, 0.25) is 0 Å². The van der Waals surface area contributed by atoms with Gasteiger partial charge in [0.15, 0.2) is 0 Å². The third-order valence-electron chi connectivity index (χ3n) is 3.67. The predicted molar refractivity (Wildman–Crippen MR) is 96.4 cm³/mol. The molecule has 3 heterocycles. The van der Waals surface area contributed by atoms with Crippen LogP contribution in [-0.2, 0) is 11.8 Å². The van der Waals surface area contributed by atoms with Gasteiger partial charge in [0.25, 0.3) is 0 Å². The van der Waals surface area contributed by atoms with Gasteiger partial charge in [-0.15, -0.1) is 0 Å². The number of hydrogen-bond acceptors (Lipinski definition) is 5. The summed E-state index contributed by atoms with van der Waals surface area (Å²) in [5.41, 5.74) is 2.29. The largest absolute Gasteiger partial charge is 0.489 e. The van der Waals surface area contributed by atoms with Gasteiger partial charge in [-0.3, -0.25) is 4.79 Å². The van der Waals surface area contributed by atoms with E-state index in [1.807, 2.05) is 31.5 Å². The minimum atomic E-state index is -0.0848. The smallest absolute Gasteiger partial charge is 0.225 e. The molecule has 0 aromatic carbocycles. The van der Waals surface area contributed by atoms with Crippen molar-refractivity contribution < 1.29 is 9.53 Å². The maximum Gasteiger partial charge on any atom is 0.225 e. The zero-order valence-electron chi connectivity index (χ0n) is 14.8. The Hall–Kier alpha value is -2.96. The monoisotopic (exact) mass is 339 g/mol. The van der Waals surface area contributed by atoms with E-state index in [0.29, 0.717) is 23.7 Å². The average molecular weight is 339 g/mol. The second-order valence-electron chi connectivity index (χ2n) is 6.06. The van der Waals surface area contributed by atoms with Crippen molar-refractivity contribution in [2.24, 2.45) is 7.05 Å². The summed E-state index contributed by atoms with van der Waals surface area (Å²) in [6.07, 6.45) is 5.58. The Morgan fingerprint density at radius 1 is 1.32 bits per heavy atom. The molecule has 3 aromatic rings. The lowest BCUT2D eigenvalue weighted by molar-refractivity contribution is -0.115. The van der Waals surface area contributed by atoms with E-state index in [1.54, 1.807) is 31.7 Å². The van der Waals surface area contributed by atoms with E-state index in [2.05, 4.69) is 15.3 Å². The predicted octanol–water partition coefficient (Wildman–Crippen LogP) is 3.17. The van der Waals surface area contributed by atoms with Crippen molar-refractivity contribution in [3.8, 4) is 17.1 Å². The number of pyridine rings is 2. The van der Waals surface area contributed by atoms with E-state index in [-0.39, 0.29) is 12.0 Å². The Morgan fingerprint density at radius 3 is 2.76 bits per heavy atom. The van der Waals surface area contributed by atoms with Crippen LogP contribution in [0.1, 0.15) is 27.2 Å². The quantitative estimate of drug-likeness (QED) is 0.772. The molecule has 1 amide bonds. The van der Waals surface area contributed by atoms with Gasteiger partial charge in [-0.2, -0.15) is 0 Å². The molecule has 7 nitrogen and oxygen atoms in total. The first-order valence-electron chi connectivity index (χ1n) is 8.22. The molecular weight excluding hydrogens is 318 g/mol. The van der Waals surface area contributed by atoms with Crippen LogP contribution >= 0.6 is 0 Å². The number of amides is 1. The fraction of sp³-hybridized carbons (Fsp3) is 0.333. The molecule has 25 heavy (non-hydrogen) atoms. The van der Waals surface area contributed by atoms with Crippen LogP contribution in [0.3, 0.4) is 0 Å². The first-order chi connectivity index (χ1) is 12.0. The summed E-state index contributed by atoms with van der Waals surface area (Å²) in [5, 5.41) is 3.60. The molecule has 0 unspecified atom stereocenters. The summed E-state index contributed by atoms with van der Waals surface area (Å²) in [7, 11) is 1.91. The van der Waals surface area contributed by atoms with E-state index in [4.69, 9.17) is 9.72 Å². The minimum Gasteiger partial charge on any atom is -0.489 e. The zero-order valence-corrected chi connectivity index (χ0v) is 14.8. The Balaban J connectivity index is 2.13. The SMILES string of the molecule is CCC(=O)Nc1cc2nc(-c3cncn3C)c(OC(C)C)cc2cn1. The third kappa shape index (κ3) is 3.60. The molecular formula is C18H21N5O2. The lowest BCUT2D eigenvalue weighted by Gasteiger charge is -2.15. The number of carbonyl (C=O) groups is 1. The topological polar surface area (TPSA) is 81.9 Å². The van der Waals surface area contributed by atoms with Crippen LogP contribution < -0.4 is 10.1 Å². The van der Waals surface area contributed by atoms with Crippen LogP contribution in [0.5, 0.6) is 5.75 Å². The first-order valence-corrected chi connectivity index (χ1v) is 8.22. The number of rotatable bonds is 5. The molecule has 0 atom stereocenters. The lowest BCUT2D eigenvalue weighted by atomic mass is 10.2. The summed E-state index contributed by atoms with van der Waals surface area (Å²) in [6.45, 7) is 5.74. The highest BCUT2D eigenvalue weighted by Gasteiger charge is 2.15. The molecule has 0 radical (unpaired) electrons. The molecule has 0 fully saturated rings. The van der Waals surface area contributed by atoms with Crippen molar-refractivity contribution in [3.05, 3.63) is 30.9 Å². The van der Waals surface area contributed by atoms with Crippen molar-refractivity contribution >= 4 is 22.6 Å². The van der Waals surface area contributed by atoms with E-state index in [1.165, 1.54) is 0 Å². The number of anilines is 1. The van der Waals surface area contributed by atoms with Gasteiger partial charge in [0.1, 0.15) is 17.3 Å². The molecule has 0 saturated carbocycles. The molecule has 3 aromatic heterocycles. The van der Waals surface area contributed by atoms with E-state index < -0.39 is 0 Å². The number of carbonyl (C=O) groups excluding carboxylic acids is 1. The number of fused-ring (bicyclic) bond motifs is 1. The average Bonchev–Trinajstić information content (AvgIpc) is 2.99. The Morgan fingerprint density at radius 2 is 2.12 bits per heavy atom. The highest BCUT2D eigenvalue weighted by atomic mass is 16.5. The molecule has 0 spiro atoms. The highest BCUT2D eigenvalue weighted by Crippen LogP contribution is 2.32. The maximum atomic E-state index is 11.6. The summed E-state index contributed by atoms with van der Waals surface area (Å²) in [6, 6.07) is 3.69. The van der Waals surface area contributed by atoms with Crippen molar-refractivity contribution in [3.63, 3.8) is 0 Å². The van der Waals surface area contributed by atoms with Gasteiger partial charge in [-0.25, -0.2) is 15.0 Å². The van der Waals surface area contributed by atoms with E-state index in [9.17, 15) is 4.79 Å². The number of hydrogen-bond donors (Lipinski definition) is 1. The third-order valence-corrected chi connectivity index (χ3v) is 3.67.